The largest absolute Gasteiger partial charge is 0.398 e. The molecule has 0 radical (unpaired) electrons. The Bertz CT molecular complexity index is 1470. The molecule has 0 amide bonds. The fraction of sp³-hybridized carbons (Fsp3) is 0. The molecule has 0 bridgehead atoms. The monoisotopic (exact) mass is 431 g/mol. The van der Waals surface area contributed by atoms with E-state index in [4.69, 9.17) is 5.73 Å². The second-order valence-electron chi connectivity index (χ2n) is 7.73. The summed E-state index contributed by atoms with van der Waals surface area (Å²) in [7, 11) is 0. The Hall–Kier alpha value is -4.64. The molecule has 1 aliphatic carbocycles. The number of fused-ring (bicyclic) bond motifs is 2. The van der Waals surface area contributed by atoms with E-state index in [1.54, 1.807) is 78.9 Å². The highest BCUT2D eigenvalue weighted by atomic mass is 16.1. The Morgan fingerprint density at radius 2 is 1.03 bits per heavy atom. The van der Waals surface area contributed by atoms with Crippen LogP contribution in [0.3, 0.4) is 0 Å². The van der Waals surface area contributed by atoms with E-state index >= 15 is 0 Å². The Labute approximate surface area is 189 Å². The van der Waals surface area contributed by atoms with Crippen molar-refractivity contribution in [1.29, 1.82) is 0 Å². The summed E-state index contributed by atoms with van der Waals surface area (Å²) in [5, 5.41) is 0. The highest BCUT2D eigenvalue weighted by molar-refractivity contribution is 6.35. The van der Waals surface area contributed by atoms with Crippen LogP contribution in [0.1, 0.15) is 63.7 Å². The maximum Gasteiger partial charge on any atom is 0.195 e. The van der Waals surface area contributed by atoms with Crippen LogP contribution in [0, 0.1) is 0 Å². The molecule has 0 aliphatic heterocycles. The van der Waals surface area contributed by atoms with Crippen molar-refractivity contribution < 1.29 is 19.2 Å². The van der Waals surface area contributed by atoms with Gasteiger partial charge in [-0.25, -0.2) is 0 Å². The fourth-order valence-electron chi connectivity index (χ4n) is 4.22. The van der Waals surface area contributed by atoms with Crippen molar-refractivity contribution in [1.82, 2.24) is 0 Å². The van der Waals surface area contributed by atoms with Gasteiger partial charge in [0.2, 0.25) is 0 Å². The molecule has 5 rings (SSSR count). The molecular weight excluding hydrogens is 414 g/mol. The van der Waals surface area contributed by atoms with Crippen LogP contribution in [-0.4, -0.2) is 23.1 Å². The van der Waals surface area contributed by atoms with E-state index in [9.17, 15) is 19.2 Å². The van der Waals surface area contributed by atoms with Crippen molar-refractivity contribution >= 4 is 28.8 Å². The van der Waals surface area contributed by atoms with Crippen LogP contribution in [-0.2, 0) is 0 Å². The first-order chi connectivity index (χ1) is 16.0. The number of ketones is 4. The predicted octanol–water partition coefficient (Wildman–Crippen LogP) is 4.51. The minimum Gasteiger partial charge on any atom is -0.398 e. The van der Waals surface area contributed by atoms with Gasteiger partial charge in [0.25, 0.3) is 0 Å². The highest BCUT2D eigenvalue weighted by Gasteiger charge is 2.38. The first kappa shape index (κ1) is 20.3. The fourth-order valence-corrected chi connectivity index (χ4v) is 4.22. The summed E-state index contributed by atoms with van der Waals surface area (Å²) in [6.07, 6.45) is 0. The number of rotatable bonds is 4. The van der Waals surface area contributed by atoms with E-state index in [-0.39, 0.29) is 39.1 Å². The molecule has 1 aliphatic rings. The summed E-state index contributed by atoms with van der Waals surface area (Å²) in [5.41, 5.74) is 7.06. The van der Waals surface area contributed by atoms with Gasteiger partial charge in [-0.15, -0.1) is 0 Å². The summed E-state index contributed by atoms with van der Waals surface area (Å²) in [5.74, 6) is -1.92. The maximum absolute atomic E-state index is 13.6. The first-order valence-corrected chi connectivity index (χ1v) is 10.3. The molecule has 4 aromatic rings. The topological polar surface area (TPSA) is 94.3 Å². The van der Waals surface area contributed by atoms with Gasteiger partial charge in [0, 0.05) is 44.6 Å². The van der Waals surface area contributed by atoms with Crippen LogP contribution < -0.4 is 5.73 Å². The zero-order chi connectivity index (χ0) is 23.1. The van der Waals surface area contributed by atoms with Gasteiger partial charge in [0.05, 0.1) is 5.56 Å². The number of carbonyl (C=O) groups excluding carboxylic acids is 4. The molecule has 5 heteroatoms. The van der Waals surface area contributed by atoms with E-state index in [0.717, 1.165) is 0 Å². The summed E-state index contributed by atoms with van der Waals surface area (Å²) >= 11 is 0. The van der Waals surface area contributed by atoms with Gasteiger partial charge >= 0.3 is 0 Å². The Morgan fingerprint density at radius 1 is 0.576 bits per heavy atom. The Balaban J connectivity index is 1.83. The molecule has 0 unspecified atom stereocenters. The molecule has 0 spiro atoms. The third kappa shape index (κ3) is 3.18. The van der Waals surface area contributed by atoms with Crippen LogP contribution in [0.15, 0.2) is 91.0 Å². The van der Waals surface area contributed by atoms with E-state index in [0.29, 0.717) is 11.1 Å². The van der Waals surface area contributed by atoms with E-state index in [1.807, 2.05) is 0 Å². The summed E-state index contributed by atoms with van der Waals surface area (Å²) in [4.78, 5) is 54.0. The smallest absolute Gasteiger partial charge is 0.195 e. The average Bonchev–Trinajstić information content (AvgIpc) is 2.87. The summed E-state index contributed by atoms with van der Waals surface area (Å²) in [6, 6.07) is 24.5. The van der Waals surface area contributed by atoms with Gasteiger partial charge in [-0.1, -0.05) is 84.9 Å². The lowest BCUT2D eigenvalue weighted by Gasteiger charge is -2.23. The minimum absolute atomic E-state index is 0.00571. The van der Waals surface area contributed by atoms with Crippen LogP contribution >= 0.6 is 0 Å². The lowest BCUT2D eigenvalue weighted by atomic mass is 9.76. The van der Waals surface area contributed by atoms with Gasteiger partial charge in [0.15, 0.2) is 23.1 Å². The lowest BCUT2D eigenvalue weighted by Crippen LogP contribution is -2.28. The summed E-state index contributed by atoms with van der Waals surface area (Å²) < 4.78 is 0. The third-order valence-electron chi connectivity index (χ3n) is 5.77. The van der Waals surface area contributed by atoms with Crippen molar-refractivity contribution in [3.05, 3.63) is 136 Å². The lowest BCUT2D eigenvalue weighted by molar-refractivity contribution is 0.0964. The number of nitrogen functional groups attached to an aromatic ring is 1. The molecule has 0 heterocycles. The molecule has 158 valence electrons. The number of hydrogen-bond donors (Lipinski definition) is 1. The van der Waals surface area contributed by atoms with Crippen molar-refractivity contribution in [3.8, 4) is 0 Å². The maximum atomic E-state index is 13.6. The van der Waals surface area contributed by atoms with Gasteiger partial charge in [-0.2, -0.15) is 0 Å². The van der Waals surface area contributed by atoms with Gasteiger partial charge < -0.3 is 5.73 Å². The predicted molar refractivity (Wildman–Crippen MR) is 124 cm³/mol. The van der Waals surface area contributed by atoms with Gasteiger partial charge in [-0.05, 0) is 6.07 Å². The molecule has 5 nitrogen and oxygen atoms in total. The second kappa shape index (κ2) is 7.80. The minimum atomic E-state index is -0.506. The van der Waals surface area contributed by atoms with Crippen LogP contribution in [0.2, 0.25) is 0 Å². The molecule has 33 heavy (non-hydrogen) atoms. The molecule has 0 aromatic heterocycles. The van der Waals surface area contributed by atoms with Crippen molar-refractivity contribution in [2.75, 3.05) is 5.73 Å². The number of anilines is 1. The molecular formula is C28H17NO4. The molecule has 0 atom stereocenters. The standard InChI is InChI=1S/C28H17NO4/c29-21-15-20(25(30)16-9-3-1-4-10-16)22-24(23(21)26(31)17-11-5-2-6-12-17)28(33)19-14-8-7-13-18(19)27(22)32/h1-15H,29H2. The van der Waals surface area contributed by atoms with Crippen molar-refractivity contribution in [2.24, 2.45) is 0 Å². The SMILES string of the molecule is Nc1cc(C(=O)c2ccccc2)c2c(c1C(=O)c1ccccc1)C(=O)c1ccccc1C2=O. The molecule has 0 fully saturated rings. The molecule has 0 saturated carbocycles. The zero-order valence-electron chi connectivity index (χ0n) is 17.4. The Kier molecular flexibility index (Phi) is 4.79. The molecule has 0 saturated heterocycles. The van der Waals surface area contributed by atoms with Gasteiger partial charge in [-0.3, -0.25) is 19.2 Å². The number of hydrogen-bond acceptors (Lipinski definition) is 5. The quantitative estimate of drug-likeness (QED) is 0.334. The number of nitrogens with two attached hydrogens (primary N) is 1. The zero-order valence-corrected chi connectivity index (χ0v) is 17.4. The van der Waals surface area contributed by atoms with Crippen LogP contribution in [0.4, 0.5) is 5.69 Å². The van der Waals surface area contributed by atoms with Crippen LogP contribution in [0.5, 0.6) is 0 Å². The first-order valence-electron chi connectivity index (χ1n) is 10.3. The Morgan fingerprint density at radius 3 is 1.58 bits per heavy atom. The average molecular weight is 431 g/mol. The van der Waals surface area contributed by atoms with Crippen molar-refractivity contribution in [3.63, 3.8) is 0 Å². The molecule has 4 aromatic carbocycles. The molecule has 2 N–H and O–H groups in total. The normalized spacial score (nSPS) is 12.1. The number of carbonyl (C=O) groups is 4. The van der Waals surface area contributed by atoms with Crippen LogP contribution in [0.25, 0.3) is 0 Å². The van der Waals surface area contributed by atoms with Crippen molar-refractivity contribution in [2.45, 2.75) is 0 Å². The van der Waals surface area contributed by atoms with Gasteiger partial charge in [0.1, 0.15) is 0 Å². The highest BCUT2D eigenvalue weighted by Crippen LogP contribution is 2.36. The third-order valence-corrected chi connectivity index (χ3v) is 5.77. The second-order valence-corrected chi connectivity index (χ2v) is 7.73. The summed E-state index contributed by atoms with van der Waals surface area (Å²) in [6.45, 7) is 0. The van der Waals surface area contributed by atoms with E-state index < -0.39 is 23.1 Å². The van der Waals surface area contributed by atoms with E-state index in [1.165, 1.54) is 12.1 Å². The van der Waals surface area contributed by atoms with E-state index in [2.05, 4.69) is 0 Å². The number of benzene rings is 4.